The molecule has 1 aromatic carbocycles. The molecule has 0 saturated carbocycles. The number of nitrogens with two attached hydrogens (primary N) is 2. The summed E-state index contributed by atoms with van der Waals surface area (Å²) in [5.41, 5.74) is 5.85. The van der Waals surface area contributed by atoms with Gasteiger partial charge in [-0.3, -0.25) is 0 Å². The number of primary sulfonamides is 1. The molecule has 1 rings (SSSR count). The Bertz CT molecular complexity index is 351. The van der Waals surface area contributed by atoms with Crippen LogP contribution in [0.3, 0.4) is 0 Å². The summed E-state index contributed by atoms with van der Waals surface area (Å²) in [6, 6.07) is 5.70. The molecule has 0 unspecified atom stereocenters. The van der Waals surface area contributed by atoms with Gasteiger partial charge in [0, 0.05) is 5.69 Å². The van der Waals surface area contributed by atoms with Crippen LogP contribution in [-0.4, -0.2) is 8.42 Å². The number of hydrogen-bond donors (Lipinski definition) is 2. The Morgan fingerprint density at radius 2 is 1.58 bits per heavy atom. The van der Waals surface area contributed by atoms with Gasteiger partial charge < -0.3 is 7.16 Å². The first-order valence-corrected chi connectivity index (χ1v) is 4.43. The molecule has 0 radical (unpaired) electrons. The molecule has 0 aromatic heterocycles. The van der Waals surface area contributed by atoms with E-state index in [0.29, 0.717) is 5.69 Å². The fourth-order valence-electron chi connectivity index (χ4n) is 0.658. The van der Waals surface area contributed by atoms with Crippen molar-refractivity contribution in [1.82, 2.24) is 0 Å². The molecule has 62 valence electrons. The van der Waals surface area contributed by atoms with Gasteiger partial charge in [-0.2, -0.15) is 0 Å². The largest absolute Gasteiger partial charge is 1.00 e. The van der Waals surface area contributed by atoms with Crippen LogP contribution in [-0.2, 0) is 10.0 Å². The molecule has 1 aromatic rings. The van der Waals surface area contributed by atoms with Crippen molar-refractivity contribution < 1.29 is 28.7 Å². The quantitative estimate of drug-likeness (QED) is 0.357. The third-order valence-electron chi connectivity index (χ3n) is 1.21. The minimum atomic E-state index is -3.58. The monoisotopic (exact) mass is 180 g/mol. The van der Waals surface area contributed by atoms with Gasteiger partial charge in [0.2, 0.25) is 10.0 Å². The van der Waals surface area contributed by atoms with Crippen molar-refractivity contribution in [2.75, 3.05) is 5.73 Å². The van der Waals surface area contributed by atoms with Crippen molar-refractivity contribution in [1.29, 1.82) is 0 Å². The van der Waals surface area contributed by atoms with E-state index in [4.69, 9.17) is 10.9 Å². The van der Waals surface area contributed by atoms with Crippen molar-refractivity contribution in [2.24, 2.45) is 5.14 Å². The van der Waals surface area contributed by atoms with Crippen molar-refractivity contribution in [2.45, 2.75) is 4.90 Å². The maximum Gasteiger partial charge on any atom is 1.00 e. The van der Waals surface area contributed by atoms with E-state index in [0.717, 1.165) is 0 Å². The topological polar surface area (TPSA) is 86.2 Å². The van der Waals surface area contributed by atoms with E-state index in [-0.39, 0.29) is 25.2 Å². The van der Waals surface area contributed by atoms with Crippen molar-refractivity contribution in [3.05, 3.63) is 24.3 Å². The Kier molecular flexibility index (Phi) is 3.81. The molecule has 6 heteroatoms. The third-order valence-corrected chi connectivity index (χ3v) is 2.14. The van der Waals surface area contributed by atoms with Crippen LogP contribution in [0, 0.1) is 0 Å². The Labute approximate surface area is 84.7 Å². The summed E-state index contributed by atoms with van der Waals surface area (Å²) in [6.07, 6.45) is 0. The van der Waals surface area contributed by atoms with Gasteiger partial charge in [0.05, 0.1) is 4.90 Å². The van der Waals surface area contributed by atoms with Crippen molar-refractivity contribution in [3.63, 3.8) is 0 Å². The summed E-state index contributed by atoms with van der Waals surface area (Å²) in [5.74, 6) is 0. The predicted molar refractivity (Wildman–Crippen MR) is 43.3 cm³/mol. The molecule has 0 fully saturated rings. The maximum atomic E-state index is 10.7. The Balaban J connectivity index is 0. The van der Waals surface area contributed by atoms with Crippen LogP contribution in [0.1, 0.15) is 1.43 Å². The minimum Gasteiger partial charge on any atom is -1.00 e. The van der Waals surface area contributed by atoms with Gasteiger partial charge in [0.15, 0.2) is 0 Å². The second-order valence-electron chi connectivity index (χ2n) is 2.11. The zero-order chi connectivity index (χ0) is 8.48. The zero-order valence-corrected chi connectivity index (χ0v) is 7.51. The van der Waals surface area contributed by atoms with Gasteiger partial charge in [-0.1, -0.05) is 0 Å². The standard InChI is InChI=1S/C6H8N2O2S.Li.H/c7-5-1-3-6(4-2-5)11(8,9)10;;/h1-4H,7H2,(H2,8,9,10);;/q;+1;-1. The van der Waals surface area contributed by atoms with E-state index in [1.165, 1.54) is 24.3 Å². The normalized spacial score (nSPS) is 10.4. The summed E-state index contributed by atoms with van der Waals surface area (Å²) in [7, 11) is -3.58. The number of hydrogen-bond acceptors (Lipinski definition) is 3. The van der Waals surface area contributed by atoms with Crippen molar-refractivity contribution >= 4 is 15.7 Å². The van der Waals surface area contributed by atoms with Gasteiger partial charge >= 0.3 is 18.9 Å². The fourth-order valence-corrected chi connectivity index (χ4v) is 1.17. The molecule has 4 nitrogen and oxygen atoms in total. The summed E-state index contributed by atoms with van der Waals surface area (Å²) in [4.78, 5) is 0.0756. The number of rotatable bonds is 1. The van der Waals surface area contributed by atoms with Crippen LogP contribution >= 0.6 is 0 Å². The average Bonchev–Trinajstić information content (AvgIpc) is 1.86. The molecule has 0 saturated heterocycles. The SMILES string of the molecule is Nc1ccc(S(N)(=O)=O)cc1.[H-].[Li+]. The molecule has 0 aliphatic carbocycles. The smallest absolute Gasteiger partial charge is 1.00 e. The van der Waals surface area contributed by atoms with Crippen LogP contribution < -0.4 is 29.7 Å². The van der Waals surface area contributed by atoms with Crippen LogP contribution in [0.5, 0.6) is 0 Å². The van der Waals surface area contributed by atoms with E-state index in [1.807, 2.05) is 0 Å². The minimum absolute atomic E-state index is 0. The molecule has 0 aliphatic rings. The summed E-state index contributed by atoms with van der Waals surface area (Å²) in [5, 5.41) is 4.84. The van der Waals surface area contributed by atoms with Crippen LogP contribution in [0.15, 0.2) is 29.2 Å². The summed E-state index contributed by atoms with van der Waals surface area (Å²) >= 11 is 0. The predicted octanol–water partition coefficient (Wildman–Crippen LogP) is -2.97. The summed E-state index contributed by atoms with van der Waals surface area (Å²) in [6.45, 7) is 0. The Morgan fingerprint density at radius 1 is 1.17 bits per heavy atom. The third kappa shape index (κ3) is 2.87. The average molecular weight is 180 g/mol. The second-order valence-corrected chi connectivity index (χ2v) is 3.68. The number of benzene rings is 1. The van der Waals surface area contributed by atoms with Gasteiger partial charge in [0.25, 0.3) is 0 Å². The van der Waals surface area contributed by atoms with Crippen LogP contribution in [0.4, 0.5) is 5.69 Å². The van der Waals surface area contributed by atoms with Gasteiger partial charge in [-0.05, 0) is 24.3 Å². The molecular weight excluding hydrogens is 171 g/mol. The van der Waals surface area contributed by atoms with Crippen LogP contribution in [0.25, 0.3) is 0 Å². The van der Waals surface area contributed by atoms with E-state index in [9.17, 15) is 8.42 Å². The number of sulfonamides is 1. The first-order valence-electron chi connectivity index (χ1n) is 2.88. The Morgan fingerprint density at radius 3 is 1.92 bits per heavy atom. The first kappa shape index (κ1) is 11.5. The molecule has 0 bridgehead atoms. The molecule has 0 amide bonds. The number of nitrogen functional groups attached to an aromatic ring is 1. The second kappa shape index (κ2) is 3.96. The zero-order valence-electron chi connectivity index (χ0n) is 7.69. The van der Waals surface area contributed by atoms with Gasteiger partial charge in [-0.25, -0.2) is 13.6 Å². The molecule has 0 aliphatic heterocycles. The van der Waals surface area contributed by atoms with E-state index in [2.05, 4.69) is 0 Å². The maximum absolute atomic E-state index is 10.7. The molecule has 12 heavy (non-hydrogen) atoms. The van der Waals surface area contributed by atoms with E-state index in [1.54, 1.807) is 0 Å². The van der Waals surface area contributed by atoms with Gasteiger partial charge in [-0.15, -0.1) is 0 Å². The fraction of sp³-hybridized carbons (Fsp3) is 0. The van der Waals surface area contributed by atoms with E-state index < -0.39 is 10.0 Å². The molecule has 0 atom stereocenters. The van der Waals surface area contributed by atoms with Crippen LogP contribution in [0.2, 0.25) is 0 Å². The molecule has 0 heterocycles. The molecule has 0 spiro atoms. The van der Waals surface area contributed by atoms with Gasteiger partial charge in [0.1, 0.15) is 0 Å². The number of anilines is 1. The van der Waals surface area contributed by atoms with E-state index >= 15 is 0 Å². The first-order chi connectivity index (χ1) is 5.00. The summed E-state index contributed by atoms with van der Waals surface area (Å²) < 4.78 is 21.4. The molecular formula is C6H9LiN2O2S. The molecule has 4 N–H and O–H groups in total. The van der Waals surface area contributed by atoms with Crippen molar-refractivity contribution in [3.8, 4) is 0 Å². The Hall–Kier alpha value is -0.473.